The highest BCUT2D eigenvalue weighted by Crippen LogP contribution is 2.41. The van der Waals surface area contributed by atoms with E-state index in [1.807, 2.05) is 68.1 Å². The molecule has 2 atom stereocenters. The van der Waals surface area contributed by atoms with E-state index in [0.29, 0.717) is 38.5 Å². The van der Waals surface area contributed by atoms with Gasteiger partial charge in [0.15, 0.2) is 0 Å². The molecule has 9 nitrogen and oxygen atoms in total. The molecular weight excluding hydrogens is 548 g/mol. The standard InChI is InChI=1S/C34H48N2O7/c1-33(2,3)43-32(38)35-16-15-34(39,27-11-7-6-8-12-27)30(24-35)31(37)36(28-13-14-28)23-26-20-25(10-9-17-40-4)21-29(22-26)42-19-18-41-5/h6-8,11-12,20-22,28,30,39H,9-10,13-19,23-24H2,1-5H3/t30-,34+/m1/s1. The summed E-state index contributed by atoms with van der Waals surface area (Å²) in [6.07, 6.45) is 3.26. The summed E-state index contributed by atoms with van der Waals surface area (Å²) in [5.41, 5.74) is 0.675. The minimum absolute atomic E-state index is 0.0742. The monoisotopic (exact) mass is 596 g/mol. The van der Waals surface area contributed by atoms with E-state index in [-0.39, 0.29) is 24.9 Å². The Balaban J connectivity index is 1.63. The molecule has 2 fully saturated rings. The third kappa shape index (κ3) is 8.94. The van der Waals surface area contributed by atoms with Gasteiger partial charge in [-0.3, -0.25) is 4.79 Å². The summed E-state index contributed by atoms with van der Waals surface area (Å²) in [7, 11) is 3.33. The molecule has 2 aromatic rings. The van der Waals surface area contributed by atoms with Crippen LogP contribution in [0.25, 0.3) is 0 Å². The lowest BCUT2D eigenvalue weighted by Gasteiger charge is -2.45. The van der Waals surface area contributed by atoms with Crippen molar-refractivity contribution in [3.63, 3.8) is 0 Å². The van der Waals surface area contributed by atoms with Gasteiger partial charge in [-0.05, 0) is 81.7 Å². The van der Waals surface area contributed by atoms with Gasteiger partial charge in [-0.25, -0.2) is 4.79 Å². The number of carbonyl (C=O) groups is 2. The molecule has 0 bridgehead atoms. The zero-order valence-corrected chi connectivity index (χ0v) is 26.3. The molecule has 236 valence electrons. The lowest BCUT2D eigenvalue weighted by atomic mass is 9.75. The summed E-state index contributed by atoms with van der Waals surface area (Å²) in [6.45, 7) is 7.78. The van der Waals surface area contributed by atoms with Crippen LogP contribution < -0.4 is 4.74 Å². The molecule has 9 heteroatoms. The average molecular weight is 597 g/mol. The van der Waals surface area contributed by atoms with Gasteiger partial charge in [-0.1, -0.05) is 36.4 Å². The Bertz CT molecular complexity index is 1180. The van der Waals surface area contributed by atoms with Crippen molar-refractivity contribution < 1.29 is 33.6 Å². The van der Waals surface area contributed by atoms with Crippen molar-refractivity contribution in [3.8, 4) is 5.75 Å². The van der Waals surface area contributed by atoms with Gasteiger partial charge < -0.3 is 33.9 Å². The van der Waals surface area contributed by atoms with E-state index < -0.39 is 23.2 Å². The molecule has 0 aromatic heterocycles. The Morgan fingerprint density at radius 3 is 2.35 bits per heavy atom. The van der Waals surface area contributed by atoms with Gasteiger partial charge in [-0.15, -0.1) is 0 Å². The molecule has 1 aliphatic heterocycles. The first kappa shape index (κ1) is 32.8. The molecule has 0 radical (unpaired) electrons. The highest BCUT2D eigenvalue weighted by Gasteiger charge is 2.51. The number of ether oxygens (including phenoxy) is 4. The molecule has 0 spiro atoms. The molecule has 1 saturated heterocycles. The SMILES string of the molecule is COCCCc1cc(CN(C(=O)[C@H]2CN(C(=O)OC(C)(C)C)CC[C@]2(O)c2ccccc2)C2CC2)cc(OCCOC)c1. The number of nitrogens with zero attached hydrogens (tertiary/aromatic N) is 2. The van der Waals surface area contributed by atoms with Crippen molar-refractivity contribution in [2.45, 2.75) is 76.7 Å². The van der Waals surface area contributed by atoms with Gasteiger partial charge in [0.1, 0.15) is 23.6 Å². The molecule has 2 amide bonds. The lowest BCUT2D eigenvalue weighted by molar-refractivity contribution is -0.155. The number of hydrogen-bond donors (Lipinski definition) is 1. The maximum atomic E-state index is 14.5. The molecule has 1 heterocycles. The summed E-state index contributed by atoms with van der Waals surface area (Å²) in [6, 6.07) is 15.6. The first-order chi connectivity index (χ1) is 20.5. The minimum atomic E-state index is -1.42. The van der Waals surface area contributed by atoms with E-state index in [0.717, 1.165) is 42.6 Å². The molecule has 1 saturated carbocycles. The zero-order chi connectivity index (χ0) is 31.0. The Kier molecular flexibility index (Phi) is 11.1. The number of amides is 2. The summed E-state index contributed by atoms with van der Waals surface area (Å²) >= 11 is 0. The number of piperidine rings is 1. The van der Waals surface area contributed by atoms with E-state index >= 15 is 0 Å². The second kappa shape index (κ2) is 14.6. The normalized spacial score (nSPS) is 20.5. The summed E-state index contributed by atoms with van der Waals surface area (Å²) in [4.78, 5) is 31.1. The first-order valence-corrected chi connectivity index (χ1v) is 15.3. The van der Waals surface area contributed by atoms with Crippen molar-refractivity contribution in [1.29, 1.82) is 0 Å². The van der Waals surface area contributed by atoms with E-state index in [1.54, 1.807) is 19.1 Å². The number of rotatable bonds is 13. The van der Waals surface area contributed by atoms with Crippen LogP contribution in [-0.2, 0) is 37.6 Å². The smallest absolute Gasteiger partial charge is 0.410 e. The highest BCUT2D eigenvalue weighted by atomic mass is 16.6. The maximum absolute atomic E-state index is 14.5. The Morgan fingerprint density at radius 2 is 1.70 bits per heavy atom. The second-order valence-corrected chi connectivity index (χ2v) is 12.6. The van der Waals surface area contributed by atoms with Crippen molar-refractivity contribution in [2.75, 3.05) is 47.1 Å². The highest BCUT2D eigenvalue weighted by molar-refractivity contribution is 5.82. The average Bonchev–Trinajstić information content (AvgIpc) is 3.81. The maximum Gasteiger partial charge on any atom is 0.410 e. The fourth-order valence-corrected chi connectivity index (χ4v) is 5.67. The topological polar surface area (TPSA) is 97.8 Å². The van der Waals surface area contributed by atoms with Crippen molar-refractivity contribution >= 4 is 12.0 Å². The third-order valence-electron chi connectivity index (χ3n) is 7.99. The number of methoxy groups -OCH3 is 2. The Hall–Kier alpha value is -3.14. The van der Waals surface area contributed by atoms with E-state index in [2.05, 4.69) is 6.07 Å². The van der Waals surface area contributed by atoms with Crippen molar-refractivity contribution in [3.05, 3.63) is 65.2 Å². The zero-order valence-electron chi connectivity index (χ0n) is 26.3. The van der Waals surface area contributed by atoms with Gasteiger partial charge >= 0.3 is 6.09 Å². The second-order valence-electron chi connectivity index (χ2n) is 12.6. The number of benzene rings is 2. The number of hydrogen-bond acceptors (Lipinski definition) is 7. The minimum Gasteiger partial charge on any atom is -0.491 e. The number of carbonyl (C=O) groups excluding carboxylic acids is 2. The predicted octanol–water partition coefficient (Wildman–Crippen LogP) is 4.93. The van der Waals surface area contributed by atoms with Crippen LogP contribution in [0.3, 0.4) is 0 Å². The lowest BCUT2D eigenvalue weighted by Crippen LogP contribution is -2.58. The molecule has 1 N–H and O–H groups in total. The summed E-state index contributed by atoms with van der Waals surface area (Å²) < 4.78 is 22.0. The molecule has 2 aromatic carbocycles. The molecular formula is C34H48N2O7. The van der Waals surface area contributed by atoms with E-state index in [4.69, 9.17) is 18.9 Å². The summed E-state index contributed by atoms with van der Waals surface area (Å²) in [5, 5.41) is 12.2. The quantitative estimate of drug-likeness (QED) is 0.328. The van der Waals surface area contributed by atoms with Crippen LogP contribution in [0.15, 0.2) is 48.5 Å². The molecule has 1 aliphatic carbocycles. The molecule has 43 heavy (non-hydrogen) atoms. The van der Waals surface area contributed by atoms with Crippen LogP contribution >= 0.6 is 0 Å². The van der Waals surface area contributed by atoms with Crippen LogP contribution in [0.4, 0.5) is 4.79 Å². The van der Waals surface area contributed by atoms with Gasteiger partial charge in [-0.2, -0.15) is 0 Å². The van der Waals surface area contributed by atoms with Crippen LogP contribution in [0.5, 0.6) is 5.75 Å². The van der Waals surface area contributed by atoms with Crippen LogP contribution in [-0.4, -0.2) is 85.7 Å². The summed E-state index contributed by atoms with van der Waals surface area (Å²) in [5.74, 6) is -0.271. The number of aryl methyl sites for hydroxylation is 1. The third-order valence-corrected chi connectivity index (χ3v) is 7.99. The Labute approximate surface area is 256 Å². The van der Waals surface area contributed by atoms with Crippen LogP contribution in [0.1, 0.15) is 63.1 Å². The van der Waals surface area contributed by atoms with Gasteiger partial charge in [0, 0.05) is 46.5 Å². The Morgan fingerprint density at radius 1 is 1.00 bits per heavy atom. The van der Waals surface area contributed by atoms with Gasteiger partial charge in [0.05, 0.1) is 12.5 Å². The van der Waals surface area contributed by atoms with Gasteiger partial charge in [0.2, 0.25) is 5.91 Å². The number of likely N-dealkylation sites (tertiary alicyclic amines) is 1. The van der Waals surface area contributed by atoms with E-state index in [1.165, 1.54) is 0 Å². The fourth-order valence-electron chi connectivity index (χ4n) is 5.67. The van der Waals surface area contributed by atoms with E-state index in [9.17, 15) is 14.7 Å². The van der Waals surface area contributed by atoms with Crippen molar-refractivity contribution in [2.24, 2.45) is 5.92 Å². The predicted molar refractivity (Wildman–Crippen MR) is 164 cm³/mol. The van der Waals surface area contributed by atoms with Crippen LogP contribution in [0.2, 0.25) is 0 Å². The fraction of sp³-hybridized carbons (Fsp3) is 0.588. The van der Waals surface area contributed by atoms with Crippen molar-refractivity contribution in [1.82, 2.24) is 9.80 Å². The molecule has 4 rings (SSSR count). The first-order valence-electron chi connectivity index (χ1n) is 15.3. The molecule has 0 unspecified atom stereocenters. The van der Waals surface area contributed by atoms with Crippen LogP contribution in [0, 0.1) is 5.92 Å². The largest absolute Gasteiger partial charge is 0.491 e. The molecule has 2 aliphatic rings. The van der Waals surface area contributed by atoms with Gasteiger partial charge in [0.25, 0.3) is 0 Å². The number of aliphatic hydroxyl groups is 1.